The van der Waals surface area contributed by atoms with Crippen molar-refractivity contribution in [1.82, 2.24) is 9.21 Å². The lowest BCUT2D eigenvalue weighted by Crippen LogP contribution is -2.67. The number of hydrogen-bond acceptors (Lipinski definition) is 7. The topological polar surface area (TPSA) is 123 Å². The van der Waals surface area contributed by atoms with E-state index in [0.29, 0.717) is 12.1 Å². The van der Waals surface area contributed by atoms with Crippen molar-refractivity contribution in [2.24, 2.45) is 0 Å². The van der Waals surface area contributed by atoms with Crippen LogP contribution in [0.2, 0.25) is 0 Å². The number of piperazine rings is 1. The van der Waals surface area contributed by atoms with Crippen LogP contribution in [0.25, 0.3) is 0 Å². The number of methoxy groups -OCH3 is 1. The Morgan fingerprint density at radius 3 is 2.35 bits per heavy atom. The molecule has 2 aliphatic heterocycles. The number of carboxylic acids is 1. The maximum atomic E-state index is 14.8. The summed E-state index contributed by atoms with van der Waals surface area (Å²) >= 11 is 0. The molecule has 1 amide bonds. The third-order valence-electron chi connectivity index (χ3n) is 6.26. The van der Waals surface area contributed by atoms with Gasteiger partial charge in [0, 0.05) is 19.7 Å². The van der Waals surface area contributed by atoms with E-state index in [1.807, 2.05) is 0 Å². The summed E-state index contributed by atoms with van der Waals surface area (Å²) in [4.78, 5) is 25.1. The van der Waals surface area contributed by atoms with Crippen LogP contribution in [0.3, 0.4) is 0 Å². The molecule has 2 aromatic rings. The van der Waals surface area contributed by atoms with Crippen LogP contribution < -0.4 is 4.74 Å². The minimum absolute atomic E-state index is 0.0799. The van der Waals surface area contributed by atoms with E-state index < -0.39 is 68.3 Å². The molecule has 2 atom stereocenters. The van der Waals surface area contributed by atoms with Crippen LogP contribution in [0, 0.1) is 17.5 Å². The number of carbonyl (C=O) groups is 2. The molecule has 200 valence electrons. The summed E-state index contributed by atoms with van der Waals surface area (Å²) in [5.41, 5.74) is -2.06. The lowest BCUT2D eigenvalue weighted by molar-refractivity contribution is -0.150. The molecular formula is C23H23F3N2O8S. The molecule has 0 aromatic heterocycles. The van der Waals surface area contributed by atoms with Gasteiger partial charge < -0.3 is 24.2 Å². The van der Waals surface area contributed by atoms with Crippen molar-refractivity contribution in [3.63, 3.8) is 0 Å². The molecule has 2 fully saturated rings. The summed E-state index contributed by atoms with van der Waals surface area (Å²) < 4.78 is 85.5. The SMILES string of the molecule is COCCOC(=O)N1CC2CCC(C(=O)O)(C1)N2S(=O)(=O)c1cc(F)c(Oc2ccc(F)cc2)c(F)c1. The van der Waals surface area contributed by atoms with Crippen molar-refractivity contribution in [3.8, 4) is 11.5 Å². The molecule has 14 heteroatoms. The van der Waals surface area contributed by atoms with Crippen molar-refractivity contribution >= 4 is 22.1 Å². The van der Waals surface area contributed by atoms with Crippen molar-refractivity contribution in [2.75, 3.05) is 33.4 Å². The van der Waals surface area contributed by atoms with Crippen LogP contribution in [0.1, 0.15) is 12.8 Å². The van der Waals surface area contributed by atoms with Gasteiger partial charge in [-0.25, -0.2) is 26.4 Å². The molecule has 10 nitrogen and oxygen atoms in total. The largest absolute Gasteiger partial charge is 0.480 e. The third kappa shape index (κ3) is 4.95. The van der Waals surface area contributed by atoms with Gasteiger partial charge in [0.05, 0.1) is 18.0 Å². The Balaban J connectivity index is 1.64. The van der Waals surface area contributed by atoms with E-state index in [1.165, 1.54) is 7.11 Å². The number of hydrogen-bond donors (Lipinski definition) is 1. The quantitative estimate of drug-likeness (QED) is 0.504. The number of benzene rings is 2. The summed E-state index contributed by atoms with van der Waals surface area (Å²) in [6.07, 6.45) is -0.847. The van der Waals surface area contributed by atoms with Crippen LogP contribution in [0.5, 0.6) is 11.5 Å². The molecule has 0 aliphatic carbocycles. The Labute approximate surface area is 210 Å². The van der Waals surface area contributed by atoms with Crippen LogP contribution in [-0.4, -0.2) is 79.8 Å². The molecule has 2 aliphatic rings. The van der Waals surface area contributed by atoms with Gasteiger partial charge in [-0.3, -0.25) is 4.79 Å². The van der Waals surface area contributed by atoms with E-state index in [2.05, 4.69) is 0 Å². The highest BCUT2D eigenvalue weighted by Gasteiger charge is 2.62. The highest BCUT2D eigenvalue weighted by atomic mass is 32.2. The van der Waals surface area contributed by atoms with E-state index in [-0.39, 0.29) is 38.3 Å². The second-order valence-electron chi connectivity index (χ2n) is 8.59. The van der Waals surface area contributed by atoms with Gasteiger partial charge in [0.1, 0.15) is 18.2 Å². The van der Waals surface area contributed by atoms with Crippen molar-refractivity contribution in [3.05, 3.63) is 53.8 Å². The Hall–Kier alpha value is -3.36. The fourth-order valence-corrected chi connectivity index (χ4v) is 6.57. The molecule has 2 unspecified atom stereocenters. The van der Waals surface area contributed by atoms with E-state index in [9.17, 15) is 36.3 Å². The van der Waals surface area contributed by atoms with Crippen LogP contribution in [0.4, 0.5) is 18.0 Å². The maximum Gasteiger partial charge on any atom is 0.409 e. The molecular weight excluding hydrogens is 521 g/mol. The normalized spacial score (nSPS) is 21.6. The summed E-state index contributed by atoms with van der Waals surface area (Å²) in [7, 11) is -3.34. The van der Waals surface area contributed by atoms with Gasteiger partial charge in [0.2, 0.25) is 10.0 Å². The standard InChI is InChI=1S/C23H23F3N2O8S/c1-34-8-9-35-22(31)27-12-15-6-7-23(13-27,21(29)30)28(15)37(32,33)17-10-18(25)20(19(26)11-17)36-16-4-2-14(24)3-5-16/h2-5,10-11,15H,6-9,12-13H2,1H3,(H,29,30). The Kier molecular flexibility index (Phi) is 7.35. The average Bonchev–Trinajstić information content (AvgIpc) is 3.11. The Morgan fingerprint density at radius 1 is 1.11 bits per heavy atom. The van der Waals surface area contributed by atoms with E-state index in [0.717, 1.165) is 33.5 Å². The fraction of sp³-hybridized carbons (Fsp3) is 0.391. The number of carbonyl (C=O) groups excluding carboxylic acids is 1. The zero-order chi connectivity index (χ0) is 27.0. The third-order valence-corrected chi connectivity index (χ3v) is 8.26. The molecule has 4 rings (SSSR count). The molecule has 0 saturated carbocycles. The van der Waals surface area contributed by atoms with Crippen LogP contribution >= 0.6 is 0 Å². The van der Waals surface area contributed by atoms with Crippen molar-refractivity contribution in [1.29, 1.82) is 0 Å². The van der Waals surface area contributed by atoms with Gasteiger partial charge >= 0.3 is 12.1 Å². The molecule has 2 bridgehead atoms. The number of likely N-dealkylation sites (tertiary alicyclic amines) is 1. The highest BCUT2D eigenvalue weighted by Crippen LogP contribution is 2.44. The lowest BCUT2D eigenvalue weighted by Gasteiger charge is -2.44. The smallest absolute Gasteiger partial charge is 0.409 e. The van der Waals surface area contributed by atoms with Crippen molar-refractivity contribution < 1.29 is 50.5 Å². The molecule has 2 heterocycles. The van der Waals surface area contributed by atoms with E-state index in [1.54, 1.807) is 0 Å². The van der Waals surface area contributed by atoms with Crippen LogP contribution in [0.15, 0.2) is 41.3 Å². The van der Waals surface area contributed by atoms with Crippen LogP contribution in [-0.2, 0) is 24.3 Å². The number of carboxylic acid groups (broad SMARTS) is 1. The number of nitrogens with zero attached hydrogens (tertiary/aromatic N) is 2. The number of amides is 1. The number of fused-ring (bicyclic) bond motifs is 2. The van der Waals surface area contributed by atoms with Gasteiger partial charge in [-0.2, -0.15) is 4.31 Å². The summed E-state index contributed by atoms with van der Waals surface area (Å²) in [5.74, 6) is -5.83. The minimum atomic E-state index is -4.74. The van der Waals surface area contributed by atoms with Crippen molar-refractivity contribution in [2.45, 2.75) is 29.3 Å². The first-order chi connectivity index (χ1) is 17.5. The number of halogens is 3. The first kappa shape index (κ1) is 26.7. The summed E-state index contributed by atoms with van der Waals surface area (Å²) in [6, 6.07) is 4.37. The highest BCUT2D eigenvalue weighted by molar-refractivity contribution is 7.89. The number of sulfonamides is 1. The van der Waals surface area contributed by atoms with Gasteiger partial charge in [-0.15, -0.1) is 0 Å². The summed E-state index contributed by atoms with van der Waals surface area (Å²) in [5, 5.41) is 10.0. The minimum Gasteiger partial charge on any atom is -0.480 e. The summed E-state index contributed by atoms with van der Waals surface area (Å²) in [6.45, 7) is -0.646. The Morgan fingerprint density at radius 2 is 1.76 bits per heavy atom. The van der Waals surface area contributed by atoms with Gasteiger partial charge in [-0.1, -0.05) is 0 Å². The van der Waals surface area contributed by atoms with E-state index in [4.69, 9.17) is 14.2 Å². The first-order valence-electron chi connectivity index (χ1n) is 11.1. The molecule has 2 aromatic carbocycles. The number of ether oxygens (including phenoxy) is 3. The van der Waals surface area contributed by atoms with Gasteiger partial charge in [-0.05, 0) is 49.2 Å². The molecule has 0 radical (unpaired) electrons. The zero-order valence-corrected chi connectivity index (χ0v) is 20.3. The number of rotatable bonds is 8. The second kappa shape index (κ2) is 10.2. The lowest BCUT2D eigenvalue weighted by atomic mass is 9.97. The molecule has 37 heavy (non-hydrogen) atoms. The monoisotopic (exact) mass is 544 g/mol. The number of aliphatic carboxylic acids is 1. The average molecular weight is 545 g/mol. The molecule has 1 N–H and O–H groups in total. The van der Waals surface area contributed by atoms with E-state index >= 15 is 0 Å². The van der Waals surface area contributed by atoms with Gasteiger partial charge in [0.15, 0.2) is 22.9 Å². The second-order valence-corrected chi connectivity index (χ2v) is 10.4. The zero-order valence-electron chi connectivity index (χ0n) is 19.5. The molecule has 2 saturated heterocycles. The first-order valence-corrected chi connectivity index (χ1v) is 12.5. The predicted molar refractivity (Wildman–Crippen MR) is 120 cm³/mol. The maximum absolute atomic E-state index is 14.8. The Bertz CT molecular complexity index is 1280. The molecule has 0 spiro atoms. The fourth-order valence-electron chi connectivity index (χ4n) is 4.59. The predicted octanol–water partition coefficient (Wildman–Crippen LogP) is 2.97. The van der Waals surface area contributed by atoms with Gasteiger partial charge in [0.25, 0.3) is 0 Å².